The van der Waals surface area contributed by atoms with Gasteiger partial charge in [-0.05, 0) is 44.9 Å². The monoisotopic (exact) mass is 497 g/mol. The van der Waals surface area contributed by atoms with Gasteiger partial charge in [0, 0.05) is 12.3 Å². The standard InChI is InChI=1S/C23H35N3O7S/c1-6-7-12-26(21(30)17(14-34)25-22(31)33-23(2,3)4)19(15-8-10-16(27)11-9-15)20(29)24-13-18(28)32-5/h8-11,17,19,27,34H,6-7,12-14H2,1-5H3,(H,24,29)(H,25,31). The van der Waals surface area contributed by atoms with Crippen LogP contribution in [0.4, 0.5) is 4.79 Å². The fraction of sp³-hybridized carbons (Fsp3) is 0.565. The van der Waals surface area contributed by atoms with E-state index in [-0.39, 0.29) is 24.6 Å². The van der Waals surface area contributed by atoms with Crippen molar-refractivity contribution in [1.29, 1.82) is 0 Å². The Kier molecular flexibility index (Phi) is 11.7. The van der Waals surface area contributed by atoms with E-state index in [0.717, 1.165) is 6.42 Å². The summed E-state index contributed by atoms with van der Waals surface area (Å²) in [6, 6.07) is 3.62. The Hall–Kier alpha value is -2.95. The van der Waals surface area contributed by atoms with Crippen LogP contribution in [0.5, 0.6) is 5.75 Å². The summed E-state index contributed by atoms with van der Waals surface area (Å²) in [6.45, 7) is 6.85. The lowest BCUT2D eigenvalue weighted by molar-refractivity contribution is -0.144. The first-order valence-corrected chi connectivity index (χ1v) is 11.6. The Balaban J connectivity index is 3.32. The molecule has 2 atom stereocenters. The number of carbonyl (C=O) groups excluding carboxylic acids is 4. The number of phenols is 1. The highest BCUT2D eigenvalue weighted by molar-refractivity contribution is 7.80. The molecule has 0 saturated heterocycles. The van der Waals surface area contributed by atoms with Gasteiger partial charge in [0.1, 0.15) is 30.0 Å². The minimum absolute atomic E-state index is 0.0104. The lowest BCUT2D eigenvalue weighted by atomic mass is 10.0. The molecule has 0 heterocycles. The largest absolute Gasteiger partial charge is 0.508 e. The zero-order valence-electron chi connectivity index (χ0n) is 20.3. The summed E-state index contributed by atoms with van der Waals surface area (Å²) < 4.78 is 9.83. The molecular weight excluding hydrogens is 462 g/mol. The van der Waals surface area contributed by atoms with E-state index in [1.54, 1.807) is 20.8 Å². The van der Waals surface area contributed by atoms with E-state index in [2.05, 4.69) is 28.0 Å². The lowest BCUT2D eigenvalue weighted by Gasteiger charge is -2.34. The lowest BCUT2D eigenvalue weighted by Crippen LogP contribution is -2.54. The van der Waals surface area contributed by atoms with Crippen LogP contribution in [0, 0.1) is 0 Å². The predicted octanol–water partition coefficient (Wildman–Crippen LogP) is 2.17. The number of ether oxygens (including phenoxy) is 2. The number of benzene rings is 1. The van der Waals surface area contributed by atoms with Gasteiger partial charge in [-0.25, -0.2) is 4.79 Å². The molecule has 0 spiro atoms. The van der Waals surface area contributed by atoms with E-state index < -0.39 is 41.6 Å². The highest BCUT2D eigenvalue weighted by atomic mass is 32.1. The molecule has 2 unspecified atom stereocenters. The quantitative estimate of drug-likeness (QED) is 0.272. The molecule has 0 fully saturated rings. The van der Waals surface area contributed by atoms with Crippen molar-refractivity contribution in [3.05, 3.63) is 29.8 Å². The summed E-state index contributed by atoms with van der Waals surface area (Å²) in [7, 11) is 1.20. The maximum Gasteiger partial charge on any atom is 0.408 e. The minimum Gasteiger partial charge on any atom is -0.508 e. The highest BCUT2D eigenvalue weighted by Crippen LogP contribution is 2.25. The van der Waals surface area contributed by atoms with Crippen molar-refractivity contribution in [1.82, 2.24) is 15.5 Å². The maximum atomic E-state index is 13.5. The molecule has 10 nitrogen and oxygen atoms in total. The third-order valence-electron chi connectivity index (χ3n) is 4.61. The number of amides is 3. The fourth-order valence-corrected chi connectivity index (χ4v) is 3.24. The smallest absolute Gasteiger partial charge is 0.408 e. The molecule has 1 aromatic carbocycles. The van der Waals surface area contributed by atoms with E-state index in [0.29, 0.717) is 12.0 Å². The number of alkyl carbamates (subject to hydrolysis) is 1. The first kappa shape index (κ1) is 29.1. The molecule has 0 aliphatic heterocycles. The van der Waals surface area contributed by atoms with Gasteiger partial charge >= 0.3 is 12.1 Å². The number of aromatic hydroxyl groups is 1. The molecule has 190 valence electrons. The number of hydrogen-bond acceptors (Lipinski definition) is 8. The number of rotatable bonds is 11. The first-order valence-electron chi connectivity index (χ1n) is 11.0. The van der Waals surface area contributed by atoms with E-state index in [9.17, 15) is 24.3 Å². The molecule has 11 heteroatoms. The van der Waals surface area contributed by atoms with Crippen molar-refractivity contribution in [2.45, 2.75) is 58.2 Å². The van der Waals surface area contributed by atoms with Crippen LogP contribution in [-0.2, 0) is 23.9 Å². The zero-order valence-corrected chi connectivity index (χ0v) is 21.2. The van der Waals surface area contributed by atoms with E-state index in [1.807, 2.05) is 6.92 Å². The highest BCUT2D eigenvalue weighted by Gasteiger charge is 2.35. The fourth-order valence-electron chi connectivity index (χ4n) is 2.99. The van der Waals surface area contributed by atoms with Crippen molar-refractivity contribution in [2.24, 2.45) is 0 Å². The molecule has 3 N–H and O–H groups in total. The van der Waals surface area contributed by atoms with E-state index in [4.69, 9.17) is 4.74 Å². The Bertz CT molecular complexity index is 840. The topological polar surface area (TPSA) is 134 Å². The van der Waals surface area contributed by atoms with Gasteiger partial charge in [-0.3, -0.25) is 14.4 Å². The second kappa shape index (κ2) is 13.7. The van der Waals surface area contributed by atoms with Gasteiger partial charge < -0.3 is 30.1 Å². The molecule has 1 aromatic rings. The van der Waals surface area contributed by atoms with Crippen LogP contribution in [-0.4, -0.2) is 71.5 Å². The van der Waals surface area contributed by atoms with Gasteiger partial charge in [0.15, 0.2) is 0 Å². The minimum atomic E-state index is -1.13. The van der Waals surface area contributed by atoms with Crippen LogP contribution in [0.2, 0.25) is 0 Å². The van der Waals surface area contributed by atoms with Crippen LogP contribution in [0.25, 0.3) is 0 Å². The van der Waals surface area contributed by atoms with Crippen LogP contribution in [0.1, 0.15) is 52.1 Å². The Labute approximate surface area is 205 Å². The average molecular weight is 498 g/mol. The molecule has 0 aromatic heterocycles. The average Bonchev–Trinajstić information content (AvgIpc) is 2.77. The van der Waals surface area contributed by atoms with Crippen molar-refractivity contribution in [3.63, 3.8) is 0 Å². The molecule has 0 saturated carbocycles. The van der Waals surface area contributed by atoms with Gasteiger partial charge in [0.25, 0.3) is 0 Å². The maximum absolute atomic E-state index is 13.5. The van der Waals surface area contributed by atoms with Crippen molar-refractivity contribution >= 4 is 36.5 Å². The number of methoxy groups -OCH3 is 1. The number of nitrogens with zero attached hydrogens (tertiary/aromatic N) is 1. The number of carbonyl (C=O) groups is 4. The third-order valence-corrected chi connectivity index (χ3v) is 4.98. The van der Waals surface area contributed by atoms with Gasteiger partial charge in [0.05, 0.1) is 7.11 Å². The second-order valence-corrected chi connectivity index (χ2v) is 8.92. The van der Waals surface area contributed by atoms with Crippen molar-refractivity contribution in [2.75, 3.05) is 26.0 Å². The molecule has 0 bridgehead atoms. The van der Waals surface area contributed by atoms with Crippen LogP contribution in [0.3, 0.4) is 0 Å². The second-order valence-electron chi connectivity index (χ2n) is 8.55. The molecule has 0 radical (unpaired) electrons. The Morgan fingerprint density at radius 1 is 1.15 bits per heavy atom. The third kappa shape index (κ3) is 9.50. The summed E-state index contributed by atoms with van der Waals surface area (Å²) in [5.74, 6) is -1.85. The molecular formula is C23H35N3O7S. The summed E-state index contributed by atoms with van der Waals surface area (Å²) >= 11 is 4.22. The number of unbranched alkanes of at least 4 members (excludes halogenated alkanes) is 1. The van der Waals surface area contributed by atoms with Crippen LogP contribution >= 0.6 is 12.6 Å². The van der Waals surface area contributed by atoms with Gasteiger partial charge in [0.2, 0.25) is 11.8 Å². The molecule has 0 aliphatic carbocycles. The normalized spacial score (nSPS) is 12.8. The molecule has 1 rings (SSSR count). The van der Waals surface area contributed by atoms with E-state index in [1.165, 1.54) is 36.3 Å². The van der Waals surface area contributed by atoms with Gasteiger partial charge in [-0.1, -0.05) is 25.5 Å². The first-order chi connectivity index (χ1) is 15.9. The molecule has 3 amide bonds. The number of esters is 1. The predicted molar refractivity (Wildman–Crippen MR) is 130 cm³/mol. The van der Waals surface area contributed by atoms with E-state index >= 15 is 0 Å². The molecule has 0 aliphatic rings. The van der Waals surface area contributed by atoms with Gasteiger partial charge in [-0.2, -0.15) is 12.6 Å². The van der Waals surface area contributed by atoms with Crippen LogP contribution < -0.4 is 10.6 Å². The molecule has 34 heavy (non-hydrogen) atoms. The van der Waals surface area contributed by atoms with Gasteiger partial charge in [-0.15, -0.1) is 0 Å². The summed E-state index contributed by atoms with van der Waals surface area (Å²) in [6.07, 6.45) is 0.531. The zero-order chi connectivity index (χ0) is 25.9. The number of phenolic OH excluding ortho intramolecular Hbond substituents is 1. The SMILES string of the molecule is CCCCN(C(=O)C(CS)NC(=O)OC(C)(C)C)C(C(=O)NCC(=O)OC)c1ccc(O)cc1. The summed E-state index contributed by atoms with van der Waals surface area (Å²) in [5.41, 5.74) is -0.349. The van der Waals surface area contributed by atoms with Crippen LogP contribution in [0.15, 0.2) is 24.3 Å². The summed E-state index contributed by atoms with van der Waals surface area (Å²) in [5, 5.41) is 14.7. The summed E-state index contributed by atoms with van der Waals surface area (Å²) in [4.78, 5) is 51.9. The van der Waals surface area contributed by atoms with Crippen molar-refractivity contribution < 1.29 is 33.8 Å². The Morgan fingerprint density at radius 2 is 1.76 bits per heavy atom. The number of hydrogen-bond donors (Lipinski definition) is 4. The number of nitrogens with one attached hydrogen (secondary N) is 2. The number of thiol groups is 1. The van der Waals surface area contributed by atoms with Crippen molar-refractivity contribution in [3.8, 4) is 5.75 Å². The Morgan fingerprint density at radius 3 is 2.26 bits per heavy atom.